The normalized spacial score (nSPS) is 19.9. The Labute approximate surface area is 162 Å². The van der Waals surface area contributed by atoms with Crippen molar-refractivity contribution in [3.63, 3.8) is 0 Å². The van der Waals surface area contributed by atoms with Crippen LogP contribution in [0.5, 0.6) is 0 Å². The zero-order chi connectivity index (χ0) is 19.3. The van der Waals surface area contributed by atoms with Crippen LogP contribution in [-0.2, 0) is 22.5 Å². The predicted molar refractivity (Wildman–Crippen MR) is 107 cm³/mol. The van der Waals surface area contributed by atoms with Crippen LogP contribution in [-0.4, -0.2) is 35.3 Å². The lowest BCUT2D eigenvalue weighted by atomic mass is 10.0. The second-order valence-corrected chi connectivity index (χ2v) is 8.05. The minimum absolute atomic E-state index is 0.00192. The first kappa shape index (κ1) is 19.4. The summed E-state index contributed by atoms with van der Waals surface area (Å²) in [7, 11) is 0. The number of benzene rings is 2. The first-order valence-electron chi connectivity index (χ1n) is 9.61. The maximum Gasteiger partial charge on any atom is 0.410 e. The van der Waals surface area contributed by atoms with E-state index in [1.807, 2.05) is 62.1 Å². The van der Waals surface area contributed by atoms with Crippen molar-refractivity contribution in [2.24, 2.45) is 0 Å². The Morgan fingerprint density at radius 1 is 1.00 bits per heavy atom. The van der Waals surface area contributed by atoms with Crippen molar-refractivity contribution >= 4 is 6.09 Å². The van der Waals surface area contributed by atoms with Crippen molar-refractivity contribution in [1.29, 1.82) is 0 Å². The highest BCUT2D eigenvalue weighted by molar-refractivity contribution is 5.69. The molecule has 0 bridgehead atoms. The standard InChI is InChI=1S/C23H29NO3/c1-23(2,3)27-22(25)24-15-14-21(26-17-19-12-8-5-9-13-19)20(24)16-18-10-6-4-7-11-18/h4-13,20-21H,14-17H2,1-3H3/t20-,21-/m1/s1. The van der Waals surface area contributed by atoms with Crippen LogP contribution in [0.4, 0.5) is 4.79 Å². The summed E-state index contributed by atoms with van der Waals surface area (Å²) in [5.41, 5.74) is 1.84. The molecule has 0 aliphatic carbocycles. The van der Waals surface area contributed by atoms with Crippen molar-refractivity contribution in [2.75, 3.05) is 6.54 Å². The summed E-state index contributed by atoms with van der Waals surface area (Å²) in [6.45, 7) is 6.91. The minimum Gasteiger partial charge on any atom is -0.444 e. The van der Waals surface area contributed by atoms with Gasteiger partial charge in [-0.2, -0.15) is 0 Å². The van der Waals surface area contributed by atoms with E-state index in [4.69, 9.17) is 9.47 Å². The SMILES string of the molecule is CC(C)(C)OC(=O)N1CC[C@@H](OCc2ccccc2)[C@H]1Cc1ccccc1. The fourth-order valence-corrected chi connectivity index (χ4v) is 3.44. The minimum atomic E-state index is -0.503. The number of hydrogen-bond acceptors (Lipinski definition) is 3. The van der Waals surface area contributed by atoms with Crippen LogP contribution in [0.3, 0.4) is 0 Å². The van der Waals surface area contributed by atoms with E-state index in [0.717, 1.165) is 18.4 Å². The van der Waals surface area contributed by atoms with Crippen molar-refractivity contribution in [3.8, 4) is 0 Å². The van der Waals surface area contributed by atoms with Crippen LogP contribution < -0.4 is 0 Å². The van der Waals surface area contributed by atoms with E-state index >= 15 is 0 Å². The molecule has 1 aliphatic heterocycles. The lowest BCUT2D eigenvalue weighted by Crippen LogP contribution is -2.44. The number of rotatable bonds is 5. The molecule has 27 heavy (non-hydrogen) atoms. The lowest BCUT2D eigenvalue weighted by molar-refractivity contribution is -0.00405. The number of carbonyl (C=O) groups is 1. The molecule has 2 atom stereocenters. The van der Waals surface area contributed by atoms with Gasteiger partial charge in [-0.25, -0.2) is 4.79 Å². The summed E-state index contributed by atoms with van der Waals surface area (Å²) in [5.74, 6) is 0. The summed E-state index contributed by atoms with van der Waals surface area (Å²) in [4.78, 5) is 14.6. The molecule has 2 aromatic rings. The highest BCUT2D eigenvalue weighted by Gasteiger charge is 2.39. The van der Waals surface area contributed by atoms with Gasteiger partial charge in [-0.05, 0) is 44.7 Å². The highest BCUT2D eigenvalue weighted by atomic mass is 16.6. The van der Waals surface area contributed by atoms with Gasteiger partial charge >= 0.3 is 6.09 Å². The van der Waals surface area contributed by atoms with Gasteiger partial charge in [0, 0.05) is 6.54 Å². The quantitative estimate of drug-likeness (QED) is 0.760. The van der Waals surface area contributed by atoms with Gasteiger partial charge in [0.1, 0.15) is 5.60 Å². The summed E-state index contributed by atoms with van der Waals surface area (Å²) >= 11 is 0. The second-order valence-electron chi connectivity index (χ2n) is 8.05. The van der Waals surface area contributed by atoms with E-state index in [-0.39, 0.29) is 18.2 Å². The smallest absolute Gasteiger partial charge is 0.410 e. The predicted octanol–water partition coefficient (Wildman–Crippen LogP) is 4.82. The zero-order valence-electron chi connectivity index (χ0n) is 16.4. The van der Waals surface area contributed by atoms with Crippen LogP contribution in [0.2, 0.25) is 0 Å². The van der Waals surface area contributed by atoms with Crippen LogP contribution in [0.1, 0.15) is 38.3 Å². The Hall–Kier alpha value is -2.33. The fraction of sp³-hybridized carbons (Fsp3) is 0.435. The summed E-state index contributed by atoms with van der Waals surface area (Å²) < 4.78 is 11.9. The van der Waals surface area contributed by atoms with Crippen molar-refractivity contribution < 1.29 is 14.3 Å². The molecule has 1 fully saturated rings. The average molecular weight is 367 g/mol. The monoisotopic (exact) mass is 367 g/mol. The average Bonchev–Trinajstić information content (AvgIpc) is 3.03. The van der Waals surface area contributed by atoms with Crippen molar-refractivity contribution in [1.82, 2.24) is 4.90 Å². The van der Waals surface area contributed by atoms with E-state index in [1.54, 1.807) is 0 Å². The molecule has 0 aromatic heterocycles. The van der Waals surface area contributed by atoms with E-state index in [9.17, 15) is 4.79 Å². The molecule has 0 radical (unpaired) electrons. The number of ether oxygens (including phenoxy) is 2. The largest absolute Gasteiger partial charge is 0.444 e. The van der Waals surface area contributed by atoms with Gasteiger partial charge < -0.3 is 14.4 Å². The Balaban J connectivity index is 1.72. The molecule has 2 aromatic carbocycles. The molecule has 0 N–H and O–H groups in total. The van der Waals surface area contributed by atoms with Crippen molar-refractivity contribution in [2.45, 2.75) is 58.0 Å². The number of amides is 1. The van der Waals surface area contributed by atoms with E-state index < -0.39 is 5.60 Å². The maximum absolute atomic E-state index is 12.7. The summed E-state index contributed by atoms with van der Waals surface area (Å²) in [6.07, 6.45) is 1.33. The summed E-state index contributed by atoms with van der Waals surface area (Å²) in [5, 5.41) is 0. The molecule has 0 spiro atoms. The zero-order valence-corrected chi connectivity index (χ0v) is 16.4. The Kier molecular flexibility index (Phi) is 6.17. The second kappa shape index (κ2) is 8.57. The molecule has 1 amide bonds. The van der Waals surface area contributed by atoms with Gasteiger partial charge in [0.15, 0.2) is 0 Å². The van der Waals surface area contributed by atoms with E-state index in [0.29, 0.717) is 13.2 Å². The summed E-state index contributed by atoms with van der Waals surface area (Å²) in [6, 6.07) is 20.4. The molecule has 4 heteroatoms. The molecule has 4 nitrogen and oxygen atoms in total. The molecular formula is C23H29NO3. The number of hydrogen-bond donors (Lipinski definition) is 0. The van der Waals surface area contributed by atoms with Crippen LogP contribution in [0.25, 0.3) is 0 Å². The molecule has 0 saturated carbocycles. The van der Waals surface area contributed by atoms with E-state index in [2.05, 4.69) is 24.3 Å². The number of likely N-dealkylation sites (tertiary alicyclic amines) is 1. The van der Waals surface area contributed by atoms with Gasteiger partial charge in [0.2, 0.25) is 0 Å². The highest BCUT2D eigenvalue weighted by Crippen LogP contribution is 2.27. The Morgan fingerprint density at radius 3 is 2.19 bits per heavy atom. The maximum atomic E-state index is 12.7. The number of nitrogens with zero attached hydrogens (tertiary/aromatic N) is 1. The van der Waals surface area contributed by atoms with Crippen molar-refractivity contribution in [3.05, 3.63) is 71.8 Å². The third-order valence-electron chi connectivity index (χ3n) is 4.71. The third kappa shape index (κ3) is 5.57. The van der Waals surface area contributed by atoms with E-state index in [1.165, 1.54) is 5.56 Å². The first-order valence-corrected chi connectivity index (χ1v) is 9.61. The third-order valence-corrected chi connectivity index (χ3v) is 4.71. The van der Waals surface area contributed by atoms with Gasteiger partial charge in [-0.1, -0.05) is 60.7 Å². The molecule has 0 unspecified atom stereocenters. The van der Waals surface area contributed by atoms with Crippen LogP contribution in [0, 0.1) is 0 Å². The first-order chi connectivity index (χ1) is 12.9. The molecule has 3 rings (SSSR count). The molecule has 1 heterocycles. The molecule has 1 saturated heterocycles. The Morgan fingerprint density at radius 2 is 1.59 bits per heavy atom. The topological polar surface area (TPSA) is 38.8 Å². The van der Waals surface area contributed by atoms with Gasteiger partial charge in [-0.3, -0.25) is 0 Å². The van der Waals surface area contributed by atoms with Gasteiger partial charge in [0.05, 0.1) is 18.8 Å². The van der Waals surface area contributed by atoms with Crippen LogP contribution >= 0.6 is 0 Å². The molecule has 1 aliphatic rings. The van der Waals surface area contributed by atoms with Crippen LogP contribution in [0.15, 0.2) is 60.7 Å². The molecular weight excluding hydrogens is 338 g/mol. The Bertz CT molecular complexity index is 724. The van der Waals surface area contributed by atoms with Gasteiger partial charge in [-0.15, -0.1) is 0 Å². The number of carbonyl (C=O) groups excluding carboxylic acids is 1. The van der Waals surface area contributed by atoms with Gasteiger partial charge in [0.25, 0.3) is 0 Å². The molecule has 144 valence electrons. The fourth-order valence-electron chi connectivity index (χ4n) is 3.44. The lowest BCUT2D eigenvalue weighted by Gasteiger charge is -2.30.